The molecule has 1 aliphatic rings. The van der Waals surface area contributed by atoms with Crippen LogP contribution in [0.3, 0.4) is 0 Å². The molecule has 184 valence electrons. The lowest BCUT2D eigenvalue weighted by Gasteiger charge is -2.43. The summed E-state index contributed by atoms with van der Waals surface area (Å²) in [5.74, 6) is -5.38. The van der Waals surface area contributed by atoms with E-state index in [1.54, 1.807) is 6.92 Å². The first kappa shape index (κ1) is 26.6. The Hall–Kier alpha value is -2.61. The fraction of sp³-hybridized carbons (Fsp3) is 0.640. The summed E-state index contributed by atoms with van der Waals surface area (Å²) in [6.07, 6.45) is -0.386. The Balaban J connectivity index is 2.60. The predicted molar refractivity (Wildman–Crippen MR) is 121 cm³/mol. The molecule has 2 N–H and O–H groups in total. The van der Waals surface area contributed by atoms with Crippen LogP contribution in [0.4, 0.5) is 0 Å². The molecule has 1 aromatic rings. The monoisotopic (exact) mass is 464 g/mol. The second-order valence-electron chi connectivity index (χ2n) is 9.69. The number of aliphatic hydroxyl groups is 1. The number of ether oxygens (including phenoxy) is 3. The predicted octanol–water partition coefficient (Wildman–Crippen LogP) is 3.23. The van der Waals surface area contributed by atoms with Gasteiger partial charge in [0.1, 0.15) is 5.92 Å². The molecule has 1 aliphatic carbocycles. The molecule has 1 fully saturated rings. The average Bonchev–Trinajstić information content (AvgIpc) is 2.70. The number of aromatic hydroxyl groups is 1. The summed E-state index contributed by atoms with van der Waals surface area (Å²) in [6, 6.07) is 4.38. The number of rotatable bonds is 9. The van der Waals surface area contributed by atoms with E-state index in [1.807, 2.05) is 27.7 Å². The number of phenolic OH excluding ortho intramolecular Hbond substituents is 1. The van der Waals surface area contributed by atoms with E-state index in [4.69, 9.17) is 14.2 Å². The van der Waals surface area contributed by atoms with Crippen molar-refractivity contribution in [2.75, 3.05) is 19.8 Å². The number of benzene rings is 1. The van der Waals surface area contributed by atoms with Crippen LogP contribution in [0.2, 0.25) is 0 Å². The Kier molecular flexibility index (Phi) is 8.89. The number of phenols is 1. The smallest absolute Gasteiger partial charge is 0.317 e. The second-order valence-corrected chi connectivity index (χ2v) is 9.69. The van der Waals surface area contributed by atoms with E-state index in [1.165, 1.54) is 25.1 Å². The van der Waals surface area contributed by atoms with Gasteiger partial charge in [-0.1, -0.05) is 33.8 Å². The van der Waals surface area contributed by atoms with Crippen molar-refractivity contribution in [3.05, 3.63) is 23.8 Å². The highest BCUT2D eigenvalue weighted by molar-refractivity contribution is 6.02. The zero-order valence-corrected chi connectivity index (χ0v) is 20.3. The average molecular weight is 465 g/mol. The Morgan fingerprint density at radius 3 is 2.21 bits per heavy atom. The molecule has 0 aromatic heterocycles. The summed E-state index contributed by atoms with van der Waals surface area (Å²) in [5.41, 5.74) is -1.35. The minimum absolute atomic E-state index is 0.0548. The van der Waals surface area contributed by atoms with Crippen LogP contribution in [-0.4, -0.2) is 53.4 Å². The molecule has 1 saturated carbocycles. The van der Waals surface area contributed by atoms with Crippen LogP contribution in [0.5, 0.6) is 11.5 Å². The van der Waals surface area contributed by atoms with Crippen molar-refractivity contribution in [3.63, 3.8) is 0 Å². The normalized spacial score (nSPS) is 25.2. The molecule has 0 saturated heterocycles. The molecule has 0 spiro atoms. The standard InChI is InChI=1S/C25H36O8/c1-7-31-19-10-16(8-9-17(19)26)20-21(23(28)32-12-14(2)3)18(27)11-25(6,30)22(20)24(29)33-13-15(4)5/h8-10,14-15,20-22,26,30H,7,11-13H2,1-6H3/t20-,21-,22-,25+/m0/s1. The summed E-state index contributed by atoms with van der Waals surface area (Å²) in [6.45, 7) is 11.2. The largest absolute Gasteiger partial charge is 0.504 e. The summed E-state index contributed by atoms with van der Waals surface area (Å²) in [4.78, 5) is 39.4. The molecular formula is C25H36O8. The topological polar surface area (TPSA) is 119 Å². The van der Waals surface area contributed by atoms with E-state index in [0.29, 0.717) is 5.56 Å². The molecule has 0 aliphatic heterocycles. The molecule has 0 heterocycles. The van der Waals surface area contributed by atoms with Gasteiger partial charge in [0.2, 0.25) is 0 Å². The minimum atomic E-state index is -1.74. The van der Waals surface area contributed by atoms with Crippen LogP contribution in [0, 0.1) is 23.7 Å². The first-order valence-corrected chi connectivity index (χ1v) is 11.4. The van der Waals surface area contributed by atoms with E-state index < -0.39 is 41.1 Å². The van der Waals surface area contributed by atoms with Crippen LogP contribution >= 0.6 is 0 Å². The summed E-state index contributed by atoms with van der Waals surface area (Å²) in [5, 5.41) is 21.3. The first-order chi connectivity index (χ1) is 15.4. The SMILES string of the molecule is CCOc1cc([C@H]2[C@@H](C(=O)OCC(C)C)C(=O)C[C@@](C)(O)[C@@H]2C(=O)OCC(C)C)ccc1O. The molecule has 0 amide bonds. The van der Waals surface area contributed by atoms with Crippen LogP contribution in [0.25, 0.3) is 0 Å². The maximum atomic E-state index is 13.2. The van der Waals surface area contributed by atoms with Crippen molar-refractivity contribution < 1.29 is 38.8 Å². The maximum absolute atomic E-state index is 13.2. The molecule has 1 aromatic carbocycles. The first-order valence-electron chi connectivity index (χ1n) is 11.4. The number of Topliss-reactive ketones (excluding diaryl/α,β-unsaturated/α-hetero) is 1. The van der Waals surface area contributed by atoms with Gasteiger partial charge in [-0.25, -0.2) is 0 Å². The Labute approximate surface area is 195 Å². The zero-order valence-electron chi connectivity index (χ0n) is 20.3. The summed E-state index contributed by atoms with van der Waals surface area (Å²) in [7, 11) is 0. The highest BCUT2D eigenvalue weighted by Crippen LogP contribution is 2.48. The molecule has 0 unspecified atom stereocenters. The molecule has 0 bridgehead atoms. The van der Waals surface area contributed by atoms with Gasteiger partial charge >= 0.3 is 11.9 Å². The van der Waals surface area contributed by atoms with Crippen LogP contribution in [0.1, 0.15) is 59.4 Å². The third-order valence-corrected chi connectivity index (χ3v) is 5.56. The number of carbonyl (C=O) groups is 3. The lowest BCUT2D eigenvalue weighted by molar-refractivity contribution is -0.174. The third-order valence-electron chi connectivity index (χ3n) is 5.56. The lowest BCUT2D eigenvalue weighted by atomic mass is 9.61. The van der Waals surface area contributed by atoms with Crippen LogP contribution in [-0.2, 0) is 23.9 Å². The highest BCUT2D eigenvalue weighted by atomic mass is 16.5. The molecule has 2 rings (SSSR count). The molecule has 33 heavy (non-hydrogen) atoms. The Morgan fingerprint density at radius 2 is 1.67 bits per heavy atom. The lowest BCUT2D eigenvalue weighted by Crippen LogP contribution is -2.55. The molecule has 4 atom stereocenters. The van der Waals surface area contributed by atoms with Crippen molar-refractivity contribution in [2.24, 2.45) is 23.7 Å². The second kappa shape index (κ2) is 11.0. The van der Waals surface area contributed by atoms with Crippen molar-refractivity contribution in [1.82, 2.24) is 0 Å². The third kappa shape index (κ3) is 6.47. The Bertz CT molecular complexity index is 858. The van der Waals surface area contributed by atoms with Gasteiger partial charge in [0.05, 0.1) is 31.3 Å². The number of ketones is 1. The molecule has 8 nitrogen and oxygen atoms in total. The van der Waals surface area contributed by atoms with Crippen molar-refractivity contribution in [1.29, 1.82) is 0 Å². The van der Waals surface area contributed by atoms with Gasteiger partial charge in [0.25, 0.3) is 0 Å². The van der Waals surface area contributed by atoms with E-state index >= 15 is 0 Å². The van der Waals surface area contributed by atoms with Gasteiger partial charge in [-0.05, 0) is 43.4 Å². The van der Waals surface area contributed by atoms with Crippen LogP contribution in [0.15, 0.2) is 18.2 Å². The maximum Gasteiger partial charge on any atom is 0.317 e. The number of hydrogen-bond acceptors (Lipinski definition) is 8. The van der Waals surface area contributed by atoms with E-state index in [2.05, 4.69) is 0 Å². The van der Waals surface area contributed by atoms with E-state index in [-0.39, 0.29) is 49.6 Å². The highest BCUT2D eigenvalue weighted by Gasteiger charge is 2.57. The van der Waals surface area contributed by atoms with Crippen LogP contribution < -0.4 is 4.74 Å². The summed E-state index contributed by atoms with van der Waals surface area (Å²) < 4.78 is 16.3. The molecule has 8 heteroatoms. The zero-order chi connectivity index (χ0) is 24.9. The number of esters is 2. The van der Waals surface area contributed by atoms with Crippen molar-refractivity contribution in [2.45, 2.75) is 59.5 Å². The van der Waals surface area contributed by atoms with E-state index in [0.717, 1.165) is 0 Å². The molecule has 0 radical (unpaired) electrons. The molecular weight excluding hydrogens is 428 g/mol. The number of hydrogen-bond donors (Lipinski definition) is 2. The van der Waals surface area contributed by atoms with Crippen molar-refractivity contribution >= 4 is 17.7 Å². The van der Waals surface area contributed by atoms with Gasteiger partial charge in [0, 0.05) is 12.3 Å². The van der Waals surface area contributed by atoms with Gasteiger partial charge in [0.15, 0.2) is 17.3 Å². The van der Waals surface area contributed by atoms with Gasteiger partial charge in [-0.2, -0.15) is 0 Å². The Morgan fingerprint density at radius 1 is 1.09 bits per heavy atom. The van der Waals surface area contributed by atoms with Gasteiger partial charge < -0.3 is 24.4 Å². The number of carbonyl (C=O) groups excluding carboxylic acids is 3. The van der Waals surface area contributed by atoms with Gasteiger partial charge in [-0.15, -0.1) is 0 Å². The quantitative estimate of drug-likeness (QED) is 0.422. The minimum Gasteiger partial charge on any atom is -0.504 e. The van der Waals surface area contributed by atoms with E-state index in [9.17, 15) is 24.6 Å². The van der Waals surface area contributed by atoms with Gasteiger partial charge in [-0.3, -0.25) is 14.4 Å². The van der Waals surface area contributed by atoms with Crippen molar-refractivity contribution in [3.8, 4) is 11.5 Å². The summed E-state index contributed by atoms with van der Waals surface area (Å²) >= 11 is 0. The fourth-order valence-corrected chi connectivity index (χ4v) is 4.10. The fourth-order valence-electron chi connectivity index (χ4n) is 4.10.